The van der Waals surface area contributed by atoms with E-state index in [2.05, 4.69) is 16.4 Å². The van der Waals surface area contributed by atoms with Crippen LogP contribution in [-0.4, -0.2) is 10.9 Å². The van der Waals surface area contributed by atoms with Gasteiger partial charge in [0.15, 0.2) is 0 Å². The van der Waals surface area contributed by atoms with Crippen molar-refractivity contribution in [2.24, 2.45) is 0 Å². The highest BCUT2D eigenvalue weighted by atomic mass is 35.5. The number of rotatable bonds is 6. The monoisotopic (exact) mass is 449 g/mol. The van der Waals surface area contributed by atoms with Crippen LogP contribution in [0.1, 0.15) is 21.6 Å². The summed E-state index contributed by atoms with van der Waals surface area (Å²) in [7, 11) is 0. The van der Waals surface area contributed by atoms with Crippen LogP contribution in [0.3, 0.4) is 0 Å². The number of halogens is 2. The van der Waals surface area contributed by atoms with E-state index in [1.165, 1.54) is 0 Å². The fourth-order valence-corrected chi connectivity index (χ4v) is 3.66. The highest BCUT2D eigenvalue weighted by Crippen LogP contribution is 2.30. The number of H-pyrrole nitrogens is 1. The van der Waals surface area contributed by atoms with Gasteiger partial charge >= 0.3 is 0 Å². The summed E-state index contributed by atoms with van der Waals surface area (Å²) in [5, 5.41) is 13.2. The first-order chi connectivity index (χ1) is 15.0. The molecule has 0 unspecified atom stereocenters. The number of carbonyl (C=O) groups is 1. The Hall–Kier alpha value is -3.46. The molecule has 0 radical (unpaired) electrons. The largest absolute Gasteiger partial charge is 0.489 e. The quantitative estimate of drug-likeness (QED) is 0.358. The van der Waals surface area contributed by atoms with E-state index in [4.69, 9.17) is 33.2 Å². The summed E-state index contributed by atoms with van der Waals surface area (Å²) in [6, 6.07) is 22.1. The van der Waals surface area contributed by atoms with Gasteiger partial charge in [0.25, 0.3) is 5.91 Å². The van der Waals surface area contributed by atoms with Gasteiger partial charge in [-0.05, 0) is 42.0 Å². The predicted octanol–water partition coefficient (Wildman–Crippen LogP) is 6.37. The molecule has 1 amide bonds. The van der Waals surface area contributed by atoms with Crippen LogP contribution in [0.25, 0.3) is 10.9 Å². The number of fused-ring (bicyclic) bond motifs is 1. The lowest BCUT2D eigenvalue weighted by atomic mass is 10.1. The molecule has 0 aliphatic heterocycles. The Morgan fingerprint density at radius 1 is 1.06 bits per heavy atom. The molecule has 4 aromatic rings. The molecule has 2 N–H and O–H groups in total. The predicted molar refractivity (Wildman–Crippen MR) is 123 cm³/mol. The Morgan fingerprint density at radius 3 is 2.61 bits per heavy atom. The molecule has 31 heavy (non-hydrogen) atoms. The van der Waals surface area contributed by atoms with Crippen LogP contribution >= 0.6 is 23.2 Å². The first kappa shape index (κ1) is 20.8. The van der Waals surface area contributed by atoms with Crippen molar-refractivity contribution in [3.8, 4) is 11.8 Å². The molecule has 154 valence electrons. The smallest absolute Gasteiger partial charge is 0.273 e. The van der Waals surface area contributed by atoms with Crippen LogP contribution in [0, 0.1) is 11.3 Å². The van der Waals surface area contributed by atoms with E-state index in [9.17, 15) is 4.79 Å². The lowest BCUT2D eigenvalue weighted by molar-refractivity contribution is 0.102. The Labute approximate surface area is 189 Å². The molecule has 0 atom stereocenters. The summed E-state index contributed by atoms with van der Waals surface area (Å²) >= 11 is 12.4. The molecule has 0 fully saturated rings. The molecule has 0 aliphatic carbocycles. The number of aromatic nitrogens is 1. The normalized spacial score (nSPS) is 10.6. The summed E-state index contributed by atoms with van der Waals surface area (Å²) in [5.41, 5.74) is 3.37. The number of ether oxygens (including phenoxy) is 1. The summed E-state index contributed by atoms with van der Waals surface area (Å²) in [4.78, 5) is 15.9. The van der Waals surface area contributed by atoms with Crippen LogP contribution in [0.4, 0.5) is 5.69 Å². The van der Waals surface area contributed by atoms with Gasteiger partial charge < -0.3 is 15.0 Å². The molecule has 0 aliphatic rings. The van der Waals surface area contributed by atoms with Crippen LogP contribution < -0.4 is 10.1 Å². The topological polar surface area (TPSA) is 77.9 Å². The van der Waals surface area contributed by atoms with E-state index in [-0.39, 0.29) is 18.2 Å². The zero-order valence-corrected chi connectivity index (χ0v) is 17.8. The number of aromatic amines is 1. The minimum Gasteiger partial charge on any atom is -0.489 e. The summed E-state index contributed by atoms with van der Waals surface area (Å²) in [5.74, 6) is 0.323. The number of anilines is 1. The average molecular weight is 450 g/mol. The maximum Gasteiger partial charge on any atom is 0.273 e. The average Bonchev–Trinajstić information content (AvgIpc) is 3.10. The number of nitrogens with zero attached hydrogens (tertiary/aromatic N) is 1. The molecule has 0 bridgehead atoms. The fraction of sp³-hybridized carbons (Fsp3) is 0.0833. The van der Waals surface area contributed by atoms with Crippen LogP contribution in [-0.2, 0) is 13.0 Å². The molecule has 1 heterocycles. The Bertz CT molecular complexity index is 1290. The third-order valence-electron chi connectivity index (χ3n) is 4.79. The second-order valence-corrected chi connectivity index (χ2v) is 7.70. The molecular weight excluding hydrogens is 433 g/mol. The second kappa shape index (κ2) is 9.13. The number of carbonyl (C=O) groups excluding carboxylic acids is 1. The number of benzene rings is 3. The van der Waals surface area contributed by atoms with Gasteiger partial charge in [-0.3, -0.25) is 4.79 Å². The molecule has 0 saturated heterocycles. The van der Waals surface area contributed by atoms with Gasteiger partial charge in [-0.2, -0.15) is 5.26 Å². The fourth-order valence-electron chi connectivity index (χ4n) is 3.20. The SMILES string of the molecule is N#CCc1ccc(OCc2ccccc2NC(=O)c2[nH]c3ccc(Cl)cc3c2Cl)cc1. The van der Waals surface area contributed by atoms with Gasteiger partial charge in [0.2, 0.25) is 0 Å². The Kier molecular flexibility index (Phi) is 6.13. The maximum absolute atomic E-state index is 12.9. The van der Waals surface area contributed by atoms with Gasteiger partial charge in [-0.1, -0.05) is 53.5 Å². The summed E-state index contributed by atoms with van der Waals surface area (Å²) in [6.07, 6.45) is 0.359. The summed E-state index contributed by atoms with van der Waals surface area (Å²) in [6.45, 7) is 0.268. The summed E-state index contributed by atoms with van der Waals surface area (Å²) < 4.78 is 5.86. The molecule has 4 rings (SSSR count). The lowest BCUT2D eigenvalue weighted by Gasteiger charge is -2.12. The maximum atomic E-state index is 12.9. The molecule has 0 spiro atoms. The van der Waals surface area contributed by atoms with Crippen molar-refractivity contribution in [1.29, 1.82) is 5.26 Å². The standard InChI is InChI=1S/C24H17Cl2N3O2/c25-17-7-10-21-19(13-17)22(26)23(28-21)24(30)29-20-4-2-1-3-16(20)14-31-18-8-5-15(6-9-18)11-12-27/h1-10,13,28H,11,14H2,(H,29,30). The number of nitrogens with one attached hydrogen (secondary N) is 2. The van der Waals surface area contributed by atoms with Crippen LogP contribution in [0.15, 0.2) is 66.7 Å². The zero-order chi connectivity index (χ0) is 21.8. The first-order valence-electron chi connectivity index (χ1n) is 9.50. The van der Waals surface area contributed by atoms with Gasteiger partial charge in [-0.25, -0.2) is 0 Å². The van der Waals surface area contributed by atoms with Crippen molar-refractivity contribution < 1.29 is 9.53 Å². The second-order valence-electron chi connectivity index (χ2n) is 6.88. The molecule has 5 nitrogen and oxygen atoms in total. The lowest BCUT2D eigenvalue weighted by Crippen LogP contribution is -2.14. The van der Waals surface area contributed by atoms with Crippen molar-refractivity contribution in [3.63, 3.8) is 0 Å². The van der Waals surface area contributed by atoms with E-state index >= 15 is 0 Å². The number of nitriles is 1. The van der Waals surface area contributed by atoms with Crippen molar-refractivity contribution in [2.45, 2.75) is 13.0 Å². The van der Waals surface area contributed by atoms with E-state index in [0.717, 1.165) is 16.6 Å². The molecule has 3 aromatic carbocycles. The highest BCUT2D eigenvalue weighted by molar-refractivity contribution is 6.40. The van der Waals surface area contributed by atoms with E-state index in [0.29, 0.717) is 33.3 Å². The number of para-hydroxylation sites is 1. The van der Waals surface area contributed by atoms with Gasteiger partial charge in [-0.15, -0.1) is 0 Å². The van der Waals surface area contributed by atoms with Crippen LogP contribution in [0.2, 0.25) is 10.0 Å². The van der Waals surface area contributed by atoms with Gasteiger partial charge in [0, 0.05) is 27.2 Å². The van der Waals surface area contributed by atoms with Gasteiger partial charge in [0.05, 0.1) is 17.5 Å². The third-order valence-corrected chi connectivity index (χ3v) is 5.42. The Morgan fingerprint density at radius 2 is 1.84 bits per heavy atom. The van der Waals surface area contributed by atoms with Gasteiger partial charge in [0.1, 0.15) is 18.1 Å². The van der Waals surface area contributed by atoms with E-state index < -0.39 is 0 Å². The highest BCUT2D eigenvalue weighted by Gasteiger charge is 2.18. The van der Waals surface area contributed by atoms with Crippen molar-refractivity contribution in [2.75, 3.05) is 5.32 Å². The number of amides is 1. The third kappa shape index (κ3) is 4.66. The van der Waals surface area contributed by atoms with Crippen molar-refractivity contribution >= 4 is 45.7 Å². The number of hydrogen-bond donors (Lipinski definition) is 2. The molecule has 0 saturated carbocycles. The molecular formula is C24H17Cl2N3O2. The van der Waals surface area contributed by atoms with Crippen molar-refractivity contribution in [3.05, 3.63) is 93.6 Å². The number of hydrogen-bond acceptors (Lipinski definition) is 3. The zero-order valence-electron chi connectivity index (χ0n) is 16.3. The van der Waals surface area contributed by atoms with Crippen LogP contribution in [0.5, 0.6) is 5.75 Å². The Balaban J connectivity index is 1.50. The molecule has 1 aromatic heterocycles. The van der Waals surface area contributed by atoms with E-state index in [1.54, 1.807) is 24.3 Å². The molecule has 7 heteroatoms. The first-order valence-corrected chi connectivity index (χ1v) is 10.3. The van der Waals surface area contributed by atoms with E-state index in [1.807, 2.05) is 42.5 Å². The van der Waals surface area contributed by atoms with Crippen molar-refractivity contribution in [1.82, 2.24) is 4.98 Å². The minimum absolute atomic E-state index is 0.266. The minimum atomic E-state index is -0.356.